The summed E-state index contributed by atoms with van der Waals surface area (Å²) >= 11 is 0. The predicted molar refractivity (Wildman–Crippen MR) is 73.0 cm³/mol. The standard InChI is InChI=1S/C13H25N3O3/c1-13(2,3)14-9-11(17)16-6-4-5-15(7-8-16)10-12(18)19/h14H,4-10H2,1-3H3,(H,18,19). The van der Waals surface area contributed by atoms with E-state index in [0.29, 0.717) is 26.2 Å². The fraction of sp³-hybridized carbons (Fsp3) is 0.846. The van der Waals surface area contributed by atoms with E-state index >= 15 is 0 Å². The molecular weight excluding hydrogens is 246 g/mol. The second-order valence-electron chi connectivity index (χ2n) is 6.01. The van der Waals surface area contributed by atoms with Gasteiger partial charge in [0.05, 0.1) is 13.1 Å². The van der Waals surface area contributed by atoms with Crippen molar-refractivity contribution in [1.82, 2.24) is 15.1 Å². The van der Waals surface area contributed by atoms with Crippen LogP contribution in [0.3, 0.4) is 0 Å². The van der Waals surface area contributed by atoms with Crippen LogP contribution in [0.15, 0.2) is 0 Å². The summed E-state index contributed by atoms with van der Waals surface area (Å²) in [6.07, 6.45) is 0.828. The van der Waals surface area contributed by atoms with Gasteiger partial charge in [0.25, 0.3) is 0 Å². The van der Waals surface area contributed by atoms with Gasteiger partial charge in [0.1, 0.15) is 0 Å². The molecule has 0 radical (unpaired) electrons. The van der Waals surface area contributed by atoms with Crippen LogP contribution in [0.25, 0.3) is 0 Å². The maximum Gasteiger partial charge on any atom is 0.317 e. The van der Waals surface area contributed by atoms with Crippen LogP contribution in [0, 0.1) is 0 Å². The first-order chi connectivity index (χ1) is 8.78. The second kappa shape index (κ2) is 6.86. The van der Waals surface area contributed by atoms with Crippen molar-refractivity contribution in [2.24, 2.45) is 0 Å². The zero-order valence-electron chi connectivity index (χ0n) is 12.1. The number of carbonyl (C=O) groups is 2. The van der Waals surface area contributed by atoms with Gasteiger partial charge in [-0.1, -0.05) is 0 Å². The maximum absolute atomic E-state index is 12.1. The van der Waals surface area contributed by atoms with E-state index in [1.807, 2.05) is 30.6 Å². The van der Waals surface area contributed by atoms with Crippen LogP contribution in [-0.4, -0.2) is 71.6 Å². The minimum Gasteiger partial charge on any atom is -0.480 e. The molecule has 1 heterocycles. The van der Waals surface area contributed by atoms with Gasteiger partial charge in [-0.2, -0.15) is 0 Å². The molecule has 0 aliphatic carbocycles. The summed E-state index contributed by atoms with van der Waals surface area (Å²) in [5, 5.41) is 12.0. The molecule has 1 aliphatic rings. The van der Waals surface area contributed by atoms with Gasteiger partial charge >= 0.3 is 5.97 Å². The van der Waals surface area contributed by atoms with Gasteiger partial charge in [-0.05, 0) is 27.2 Å². The molecule has 2 N–H and O–H groups in total. The van der Waals surface area contributed by atoms with E-state index < -0.39 is 5.97 Å². The van der Waals surface area contributed by atoms with Crippen LogP contribution in [0.2, 0.25) is 0 Å². The Morgan fingerprint density at radius 2 is 1.84 bits per heavy atom. The molecule has 0 bridgehead atoms. The van der Waals surface area contributed by atoms with Crippen molar-refractivity contribution in [2.75, 3.05) is 39.3 Å². The third-order valence-corrected chi connectivity index (χ3v) is 3.07. The van der Waals surface area contributed by atoms with Gasteiger partial charge in [0.15, 0.2) is 0 Å². The van der Waals surface area contributed by atoms with E-state index in [4.69, 9.17) is 5.11 Å². The molecule has 1 aliphatic heterocycles. The molecule has 6 nitrogen and oxygen atoms in total. The molecule has 1 rings (SSSR count). The van der Waals surface area contributed by atoms with Crippen molar-refractivity contribution in [3.8, 4) is 0 Å². The average molecular weight is 271 g/mol. The number of rotatable bonds is 4. The monoisotopic (exact) mass is 271 g/mol. The zero-order chi connectivity index (χ0) is 14.5. The first-order valence-corrected chi connectivity index (χ1v) is 6.75. The second-order valence-corrected chi connectivity index (χ2v) is 6.01. The molecular formula is C13H25N3O3. The van der Waals surface area contributed by atoms with Crippen molar-refractivity contribution in [3.63, 3.8) is 0 Å². The average Bonchev–Trinajstić information content (AvgIpc) is 2.50. The lowest BCUT2D eigenvalue weighted by Crippen LogP contribution is -2.46. The third-order valence-electron chi connectivity index (χ3n) is 3.07. The number of nitrogens with one attached hydrogen (secondary N) is 1. The molecule has 1 fully saturated rings. The number of carboxylic acid groups (broad SMARTS) is 1. The Bertz CT molecular complexity index is 326. The third kappa shape index (κ3) is 6.54. The van der Waals surface area contributed by atoms with Crippen LogP contribution in [0.1, 0.15) is 27.2 Å². The minimum atomic E-state index is -0.811. The first-order valence-electron chi connectivity index (χ1n) is 6.75. The summed E-state index contributed by atoms with van der Waals surface area (Å²) in [5.41, 5.74) is -0.0726. The minimum absolute atomic E-state index is 0.0578. The molecule has 0 atom stereocenters. The fourth-order valence-electron chi connectivity index (χ4n) is 2.02. The van der Waals surface area contributed by atoms with Gasteiger partial charge in [0.2, 0.25) is 5.91 Å². The van der Waals surface area contributed by atoms with Crippen molar-refractivity contribution < 1.29 is 14.7 Å². The summed E-state index contributed by atoms with van der Waals surface area (Å²) in [5.74, 6) is -0.721. The molecule has 110 valence electrons. The highest BCUT2D eigenvalue weighted by Gasteiger charge is 2.21. The maximum atomic E-state index is 12.1. The highest BCUT2D eigenvalue weighted by atomic mass is 16.4. The zero-order valence-corrected chi connectivity index (χ0v) is 12.1. The quantitative estimate of drug-likeness (QED) is 0.752. The normalized spacial score (nSPS) is 18.2. The van der Waals surface area contributed by atoms with Gasteiger partial charge in [-0.3, -0.25) is 14.5 Å². The topological polar surface area (TPSA) is 72.9 Å². The molecule has 19 heavy (non-hydrogen) atoms. The highest BCUT2D eigenvalue weighted by molar-refractivity contribution is 5.78. The van der Waals surface area contributed by atoms with Gasteiger partial charge in [-0.25, -0.2) is 0 Å². The molecule has 1 amide bonds. The van der Waals surface area contributed by atoms with Crippen molar-refractivity contribution in [1.29, 1.82) is 0 Å². The largest absolute Gasteiger partial charge is 0.480 e. The lowest BCUT2D eigenvalue weighted by Gasteiger charge is -2.25. The number of hydrogen-bond acceptors (Lipinski definition) is 4. The Kier molecular flexibility index (Phi) is 5.75. The van der Waals surface area contributed by atoms with Gasteiger partial charge in [-0.15, -0.1) is 0 Å². The molecule has 0 unspecified atom stereocenters. The number of carbonyl (C=O) groups excluding carboxylic acids is 1. The number of carboxylic acids is 1. The summed E-state index contributed by atoms with van der Waals surface area (Å²) in [4.78, 5) is 26.4. The Labute approximate surface area is 114 Å². The van der Waals surface area contributed by atoms with Crippen molar-refractivity contribution in [2.45, 2.75) is 32.7 Å². The molecule has 0 aromatic rings. The summed E-state index contributed by atoms with van der Waals surface area (Å²) in [6, 6.07) is 0. The van der Waals surface area contributed by atoms with E-state index in [0.717, 1.165) is 13.0 Å². The Balaban J connectivity index is 2.39. The van der Waals surface area contributed by atoms with Crippen LogP contribution < -0.4 is 5.32 Å². The summed E-state index contributed by atoms with van der Waals surface area (Å²) in [7, 11) is 0. The summed E-state index contributed by atoms with van der Waals surface area (Å²) < 4.78 is 0. The number of amides is 1. The first kappa shape index (κ1) is 15.9. The van der Waals surface area contributed by atoms with E-state index in [1.54, 1.807) is 0 Å². The lowest BCUT2D eigenvalue weighted by atomic mass is 10.1. The van der Waals surface area contributed by atoms with Crippen molar-refractivity contribution in [3.05, 3.63) is 0 Å². The molecule has 1 saturated heterocycles. The van der Waals surface area contributed by atoms with E-state index in [9.17, 15) is 9.59 Å². The van der Waals surface area contributed by atoms with Crippen molar-refractivity contribution >= 4 is 11.9 Å². The lowest BCUT2D eigenvalue weighted by molar-refractivity contribution is -0.138. The molecule has 0 spiro atoms. The van der Waals surface area contributed by atoms with E-state index in [-0.39, 0.29) is 18.0 Å². The molecule has 0 aromatic carbocycles. The van der Waals surface area contributed by atoms with Crippen LogP contribution >= 0.6 is 0 Å². The van der Waals surface area contributed by atoms with Crippen LogP contribution in [0.4, 0.5) is 0 Å². The molecule has 6 heteroatoms. The van der Waals surface area contributed by atoms with Crippen LogP contribution in [0.5, 0.6) is 0 Å². The smallest absolute Gasteiger partial charge is 0.317 e. The van der Waals surface area contributed by atoms with Gasteiger partial charge < -0.3 is 15.3 Å². The molecule has 0 saturated carbocycles. The molecule has 0 aromatic heterocycles. The van der Waals surface area contributed by atoms with E-state index in [2.05, 4.69) is 5.32 Å². The fourth-order valence-corrected chi connectivity index (χ4v) is 2.02. The van der Waals surface area contributed by atoms with E-state index in [1.165, 1.54) is 0 Å². The predicted octanol–water partition coefficient (Wildman–Crippen LogP) is -0.00660. The number of nitrogens with zero attached hydrogens (tertiary/aromatic N) is 2. The number of aliphatic carboxylic acids is 1. The Morgan fingerprint density at radius 1 is 1.16 bits per heavy atom. The summed E-state index contributed by atoms with van der Waals surface area (Å²) in [6.45, 7) is 9.16. The number of hydrogen-bond donors (Lipinski definition) is 2. The SMILES string of the molecule is CC(C)(C)NCC(=O)N1CCCN(CC(=O)O)CC1. The Hall–Kier alpha value is -1.14. The highest BCUT2D eigenvalue weighted by Crippen LogP contribution is 2.04. The van der Waals surface area contributed by atoms with Gasteiger partial charge in [0, 0.05) is 31.7 Å². The van der Waals surface area contributed by atoms with Crippen LogP contribution in [-0.2, 0) is 9.59 Å². The Morgan fingerprint density at radius 3 is 2.42 bits per heavy atom.